The van der Waals surface area contributed by atoms with Gasteiger partial charge in [-0.3, -0.25) is 0 Å². The fraction of sp³-hybridized carbons (Fsp3) is 0.364. The normalized spacial score (nSPS) is 9.43. The van der Waals surface area contributed by atoms with Gasteiger partial charge in [0.1, 0.15) is 5.75 Å². The molecule has 1 rings (SSSR count). The first-order valence-corrected chi connectivity index (χ1v) is 4.55. The van der Waals surface area contributed by atoms with Crippen LogP contribution in [0, 0.1) is 0 Å². The van der Waals surface area contributed by atoms with Crippen LogP contribution in [-0.2, 0) is 0 Å². The van der Waals surface area contributed by atoms with Crippen LogP contribution in [0.15, 0.2) is 30.3 Å². The van der Waals surface area contributed by atoms with E-state index >= 15 is 0 Å². The minimum absolute atomic E-state index is 0.816. The summed E-state index contributed by atoms with van der Waals surface area (Å²) in [5, 5.41) is 0. The van der Waals surface area contributed by atoms with Crippen LogP contribution in [0.1, 0.15) is 0 Å². The smallest absolute Gasteiger partial charge is 0.392 e. The van der Waals surface area contributed by atoms with Gasteiger partial charge in [0.2, 0.25) is 0 Å². The van der Waals surface area contributed by atoms with Crippen LogP contribution in [0.5, 0.6) is 5.75 Å². The van der Waals surface area contributed by atoms with Crippen molar-refractivity contribution in [1.29, 1.82) is 0 Å². The number of amidine groups is 1. The Hall–Kier alpha value is -1.51. The number of nitrogens with zero attached hydrogens (tertiary/aromatic N) is 2. The van der Waals surface area contributed by atoms with Crippen LogP contribution in [0.3, 0.4) is 0 Å². The second kappa shape index (κ2) is 4.65. The van der Waals surface area contributed by atoms with E-state index in [4.69, 9.17) is 4.74 Å². The van der Waals surface area contributed by atoms with Gasteiger partial charge < -0.3 is 4.74 Å². The van der Waals surface area contributed by atoms with Crippen molar-refractivity contribution in [3.63, 3.8) is 0 Å². The highest BCUT2D eigenvalue weighted by molar-refractivity contribution is 5.70. The molecule has 1 aromatic carbocycles. The molecule has 76 valence electrons. The van der Waals surface area contributed by atoms with Gasteiger partial charge in [0.05, 0.1) is 28.2 Å². The summed E-state index contributed by atoms with van der Waals surface area (Å²) in [7, 11) is 7.83. The number of para-hydroxylation sites is 1. The van der Waals surface area contributed by atoms with E-state index < -0.39 is 0 Å². The first kappa shape index (κ1) is 10.6. The van der Waals surface area contributed by atoms with Crippen molar-refractivity contribution in [2.24, 2.45) is 0 Å². The molecular weight excluding hydrogens is 176 g/mol. The Labute approximate surface area is 85.2 Å². The first-order valence-electron chi connectivity index (χ1n) is 4.55. The van der Waals surface area contributed by atoms with Gasteiger partial charge >= 0.3 is 6.02 Å². The van der Waals surface area contributed by atoms with Crippen LogP contribution in [0.25, 0.3) is 0 Å². The number of benzene rings is 1. The van der Waals surface area contributed by atoms with Crippen molar-refractivity contribution in [3.05, 3.63) is 30.3 Å². The number of rotatable bonds is 1. The molecule has 14 heavy (non-hydrogen) atoms. The van der Waals surface area contributed by atoms with Crippen molar-refractivity contribution >= 4 is 6.02 Å². The topological polar surface area (TPSA) is 15.5 Å². The molecule has 0 aliphatic rings. The fourth-order valence-corrected chi connectivity index (χ4v) is 1.18. The standard InChI is InChI=1S/C11H17N2O/c1-12(2)11(13(3)4)14-10-8-6-5-7-9-10/h5-9H,1-4H3/q+1. The number of hydrogen-bond acceptors (Lipinski definition) is 1. The van der Waals surface area contributed by atoms with E-state index in [-0.39, 0.29) is 0 Å². The van der Waals surface area contributed by atoms with E-state index in [0.29, 0.717) is 0 Å². The maximum atomic E-state index is 5.71. The van der Waals surface area contributed by atoms with E-state index in [1.807, 2.05) is 68.0 Å². The van der Waals surface area contributed by atoms with Crippen LogP contribution >= 0.6 is 0 Å². The lowest BCUT2D eigenvalue weighted by Gasteiger charge is -2.11. The summed E-state index contributed by atoms with van der Waals surface area (Å²) in [5.41, 5.74) is 0. The molecule has 1 aromatic rings. The molecule has 0 unspecified atom stereocenters. The van der Waals surface area contributed by atoms with Crippen LogP contribution < -0.4 is 4.74 Å². The van der Waals surface area contributed by atoms with Gasteiger partial charge in [0.25, 0.3) is 0 Å². The van der Waals surface area contributed by atoms with Gasteiger partial charge in [-0.05, 0) is 12.1 Å². The van der Waals surface area contributed by atoms with E-state index in [9.17, 15) is 0 Å². The maximum Gasteiger partial charge on any atom is 0.450 e. The molecule has 0 bridgehead atoms. The predicted octanol–water partition coefficient (Wildman–Crippen LogP) is 1.26. The van der Waals surface area contributed by atoms with Crippen molar-refractivity contribution in [1.82, 2.24) is 4.90 Å². The molecule has 0 radical (unpaired) electrons. The fourth-order valence-electron chi connectivity index (χ4n) is 1.18. The second-order valence-corrected chi connectivity index (χ2v) is 3.49. The predicted molar refractivity (Wildman–Crippen MR) is 57.9 cm³/mol. The number of hydrogen-bond donors (Lipinski definition) is 0. The Kier molecular flexibility index (Phi) is 3.51. The molecule has 0 spiro atoms. The Morgan fingerprint density at radius 3 is 2.14 bits per heavy atom. The summed E-state index contributed by atoms with van der Waals surface area (Å²) in [4.78, 5) is 1.94. The third-order valence-corrected chi connectivity index (χ3v) is 1.72. The van der Waals surface area contributed by atoms with E-state index in [1.54, 1.807) is 0 Å². The van der Waals surface area contributed by atoms with Gasteiger partial charge in [0.15, 0.2) is 0 Å². The summed E-state index contributed by atoms with van der Waals surface area (Å²) in [6.07, 6.45) is 0. The van der Waals surface area contributed by atoms with Crippen LogP contribution in [-0.4, -0.2) is 43.7 Å². The molecule has 0 atom stereocenters. The second-order valence-electron chi connectivity index (χ2n) is 3.49. The molecule has 0 aliphatic carbocycles. The van der Waals surface area contributed by atoms with Crippen molar-refractivity contribution in [3.8, 4) is 5.75 Å². The minimum Gasteiger partial charge on any atom is -0.392 e. The van der Waals surface area contributed by atoms with E-state index in [1.165, 1.54) is 0 Å². The molecule has 3 heteroatoms. The summed E-state index contributed by atoms with van der Waals surface area (Å²) < 4.78 is 7.64. The summed E-state index contributed by atoms with van der Waals surface area (Å²) >= 11 is 0. The van der Waals surface area contributed by atoms with Crippen molar-refractivity contribution in [2.45, 2.75) is 0 Å². The van der Waals surface area contributed by atoms with Crippen molar-refractivity contribution < 1.29 is 9.31 Å². The SMILES string of the molecule is CN(C)C(Oc1ccccc1)=[N+](C)C. The Balaban J connectivity index is 2.82. The Bertz CT molecular complexity index is 313. The molecule has 0 saturated heterocycles. The molecule has 0 aliphatic heterocycles. The van der Waals surface area contributed by atoms with E-state index in [0.717, 1.165) is 11.8 Å². The summed E-state index contributed by atoms with van der Waals surface area (Å²) in [5.74, 6) is 0.852. The lowest BCUT2D eigenvalue weighted by molar-refractivity contribution is -0.478. The zero-order valence-corrected chi connectivity index (χ0v) is 9.19. The quantitative estimate of drug-likeness (QED) is 0.379. The third kappa shape index (κ3) is 2.76. The van der Waals surface area contributed by atoms with Gasteiger partial charge in [0, 0.05) is 0 Å². The molecule has 0 fully saturated rings. The van der Waals surface area contributed by atoms with Crippen LogP contribution in [0.2, 0.25) is 0 Å². The average molecular weight is 193 g/mol. The van der Waals surface area contributed by atoms with Gasteiger partial charge in [-0.2, -0.15) is 0 Å². The zero-order chi connectivity index (χ0) is 10.6. The zero-order valence-electron chi connectivity index (χ0n) is 9.19. The third-order valence-electron chi connectivity index (χ3n) is 1.72. The lowest BCUT2D eigenvalue weighted by atomic mass is 10.3. The molecule has 0 amide bonds. The molecule has 0 aromatic heterocycles. The van der Waals surface area contributed by atoms with Gasteiger partial charge in [-0.25, -0.2) is 9.48 Å². The first-order chi connectivity index (χ1) is 6.61. The Morgan fingerprint density at radius 1 is 1.14 bits per heavy atom. The van der Waals surface area contributed by atoms with Crippen molar-refractivity contribution in [2.75, 3.05) is 28.2 Å². The largest absolute Gasteiger partial charge is 0.450 e. The molecule has 0 saturated carbocycles. The maximum absolute atomic E-state index is 5.71. The van der Waals surface area contributed by atoms with E-state index in [2.05, 4.69) is 0 Å². The molecule has 0 N–H and O–H groups in total. The summed E-state index contributed by atoms with van der Waals surface area (Å²) in [6, 6.07) is 10.6. The molecule has 0 heterocycles. The Morgan fingerprint density at radius 2 is 1.71 bits per heavy atom. The minimum atomic E-state index is 0.816. The van der Waals surface area contributed by atoms with Crippen LogP contribution in [0.4, 0.5) is 0 Å². The summed E-state index contributed by atoms with van der Waals surface area (Å²) in [6.45, 7) is 0. The molecule has 3 nitrogen and oxygen atoms in total. The highest BCUT2D eigenvalue weighted by Crippen LogP contribution is 2.08. The number of ether oxygens (including phenoxy) is 1. The average Bonchev–Trinajstić information content (AvgIpc) is 2.15. The van der Waals surface area contributed by atoms with Gasteiger partial charge in [-0.1, -0.05) is 18.2 Å². The van der Waals surface area contributed by atoms with Gasteiger partial charge in [-0.15, -0.1) is 0 Å². The molecular formula is C11H17N2O+. The lowest BCUT2D eigenvalue weighted by Crippen LogP contribution is -2.34. The highest BCUT2D eigenvalue weighted by Gasteiger charge is 2.13. The highest BCUT2D eigenvalue weighted by atomic mass is 16.5. The monoisotopic (exact) mass is 193 g/mol.